The van der Waals surface area contributed by atoms with E-state index in [0.717, 1.165) is 43.2 Å². The maximum atomic E-state index is 10.2. The van der Waals surface area contributed by atoms with Crippen LogP contribution in [0.2, 0.25) is 0 Å². The minimum atomic E-state index is -0.344. The number of aromatic hydroxyl groups is 1. The molecule has 0 fully saturated rings. The summed E-state index contributed by atoms with van der Waals surface area (Å²) in [6, 6.07) is 5.60. The second kappa shape index (κ2) is 13.5. The van der Waals surface area contributed by atoms with Crippen LogP contribution in [-0.4, -0.2) is 53.1 Å². The van der Waals surface area contributed by atoms with Crippen molar-refractivity contribution in [3.63, 3.8) is 0 Å². The van der Waals surface area contributed by atoms with Crippen LogP contribution in [-0.2, 0) is 6.42 Å². The Morgan fingerprint density at radius 2 is 2.12 bits per heavy atom. The van der Waals surface area contributed by atoms with Gasteiger partial charge in [-0.05, 0) is 50.8 Å². The number of hydrogen-bond acceptors (Lipinski definition) is 5. The monoisotopic (exact) mass is 469 g/mol. The lowest BCUT2D eigenvalue weighted by atomic mass is 9.95. The first-order valence-electron chi connectivity index (χ1n) is 12.6. The molecule has 4 N–H and O–H groups in total. The van der Waals surface area contributed by atoms with Gasteiger partial charge in [-0.1, -0.05) is 19.4 Å². The highest BCUT2D eigenvalue weighted by Crippen LogP contribution is 2.30. The van der Waals surface area contributed by atoms with Crippen molar-refractivity contribution < 1.29 is 19.7 Å². The van der Waals surface area contributed by atoms with Gasteiger partial charge in [-0.3, -0.25) is 0 Å². The number of phenols is 1. The summed E-state index contributed by atoms with van der Waals surface area (Å²) in [7, 11) is 0. The molecule has 0 saturated heterocycles. The van der Waals surface area contributed by atoms with Crippen molar-refractivity contribution in [1.82, 2.24) is 5.32 Å². The number of allylic oxidation sites excluding steroid dienone is 1. The SMILES string of the molecule is CCCCC1C=C[C-](CCc2ccc(O)c(OCCC3=C[C+](C(C)CNCC(C)O)C=N3)c2)[OH+]1. The highest BCUT2D eigenvalue weighted by Gasteiger charge is 2.27. The summed E-state index contributed by atoms with van der Waals surface area (Å²) in [5.74, 6) is 2.18. The molecule has 0 amide bonds. The topological polar surface area (TPSA) is 86.9 Å². The molecule has 1 aromatic rings. The molecule has 6 nitrogen and oxygen atoms in total. The van der Waals surface area contributed by atoms with Crippen LogP contribution >= 0.6 is 0 Å². The summed E-state index contributed by atoms with van der Waals surface area (Å²) in [6.07, 6.45) is 15.6. The summed E-state index contributed by atoms with van der Waals surface area (Å²) in [4.78, 5) is 4.51. The Hall–Kier alpha value is -2.41. The van der Waals surface area contributed by atoms with Crippen LogP contribution in [0.3, 0.4) is 0 Å². The number of unbranched alkanes of at least 4 members (excludes halogenated alkanes) is 1. The normalized spacial score (nSPS) is 19.1. The Balaban J connectivity index is 1.40. The van der Waals surface area contributed by atoms with E-state index in [2.05, 4.69) is 42.4 Å². The largest absolute Gasteiger partial charge is 0.504 e. The molecule has 0 saturated carbocycles. The highest BCUT2D eigenvalue weighted by atomic mass is 16.5. The number of benzene rings is 1. The zero-order chi connectivity index (χ0) is 24.3. The van der Waals surface area contributed by atoms with Crippen molar-refractivity contribution >= 4 is 6.21 Å². The van der Waals surface area contributed by atoms with Crippen molar-refractivity contribution in [2.75, 3.05) is 19.7 Å². The highest BCUT2D eigenvalue weighted by molar-refractivity contribution is 5.82. The van der Waals surface area contributed by atoms with E-state index >= 15 is 0 Å². The first-order chi connectivity index (χ1) is 16.4. The lowest BCUT2D eigenvalue weighted by molar-refractivity contribution is -0.0480. The number of nitrogens with zero attached hydrogens (tertiary/aromatic N) is 1. The summed E-state index contributed by atoms with van der Waals surface area (Å²) >= 11 is 0. The molecule has 2 aliphatic heterocycles. The van der Waals surface area contributed by atoms with E-state index < -0.39 is 0 Å². The molecule has 2 heterocycles. The second-order valence-electron chi connectivity index (χ2n) is 9.39. The maximum Gasteiger partial charge on any atom is 0.178 e. The first-order valence-corrected chi connectivity index (χ1v) is 12.6. The predicted octanol–water partition coefficient (Wildman–Crippen LogP) is 4.43. The van der Waals surface area contributed by atoms with Gasteiger partial charge in [0.05, 0.1) is 24.5 Å². The van der Waals surface area contributed by atoms with E-state index in [-0.39, 0.29) is 11.9 Å². The maximum absolute atomic E-state index is 10.2. The summed E-state index contributed by atoms with van der Waals surface area (Å²) in [5.41, 5.74) is 2.12. The quantitative estimate of drug-likeness (QED) is 0.262. The van der Waals surface area contributed by atoms with E-state index in [1.807, 2.05) is 18.3 Å². The van der Waals surface area contributed by atoms with Crippen LogP contribution < -0.4 is 10.1 Å². The van der Waals surface area contributed by atoms with Crippen molar-refractivity contribution in [3.05, 3.63) is 59.7 Å². The van der Waals surface area contributed by atoms with Gasteiger partial charge in [-0.15, -0.1) is 17.1 Å². The molecule has 0 radical (unpaired) electrons. The summed E-state index contributed by atoms with van der Waals surface area (Å²) in [5, 5.41) is 22.9. The van der Waals surface area contributed by atoms with E-state index in [9.17, 15) is 10.2 Å². The number of rotatable bonds is 15. The third-order valence-corrected chi connectivity index (χ3v) is 6.18. The van der Waals surface area contributed by atoms with Gasteiger partial charge in [0.2, 0.25) is 0 Å². The van der Waals surface area contributed by atoms with Gasteiger partial charge >= 0.3 is 0 Å². The third kappa shape index (κ3) is 8.42. The van der Waals surface area contributed by atoms with Crippen molar-refractivity contribution in [2.24, 2.45) is 10.9 Å². The Morgan fingerprint density at radius 3 is 2.91 bits per heavy atom. The van der Waals surface area contributed by atoms with Gasteiger partial charge in [0.1, 0.15) is 30.9 Å². The molecule has 0 aromatic heterocycles. The molecular formula is C28H41N2O4+. The van der Waals surface area contributed by atoms with Crippen molar-refractivity contribution in [3.8, 4) is 11.5 Å². The Labute approximate surface area is 204 Å². The van der Waals surface area contributed by atoms with Crippen molar-refractivity contribution in [2.45, 2.75) is 71.5 Å². The minimum absolute atomic E-state index is 0.162. The fraction of sp³-hybridized carbons (Fsp3) is 0.536. The molecule has 0 aliphatic carbocycles. The lowest BCUT2D eigenvalue weighted by Crippen LogP contribution is -2.30. The minimum Gasteiger partial charge on any atom is -0.504 e. The Bertz CT molecular complexity index is 849. The molecule has 3 rings (SSSR count). The number of aliphatic imine (C=N–C) groups is 1. The molecule has 0 bridgehead atoms. The average Bonchev–Trinajstić information content (AvgIpc) is 3.47. The molecule has 6 heteroatoms. The van der Waals surface area contributed by atoms with Crippen LogP contribution in [0.5, 0.6) is 11.5 Å². The van der Waals surface area contributed by atoms with Crippen LogP contribution in [0.4, 0.5) is 0 Å². The van der Waals surface area contributed by atoms with Gasteiger partial charge in [0.15, 0.2) is 17.2 Å². The molecular weight excluding hydrogens is 428 g/mol. The smallest absolute Gasteiger partial charge is 0.178 e. The Kier molecular flexibility index (Phi) is 10.4. The fourth-order valence-corrected chi connectivity index (χ4v) is 4.07. The van der Waals surface area contributed by atoms with Crippen LogP contribution in [0, 0.1) is 17.9 Å². The second-order valence-corrected chi connectivity index (χ2v) is 9.39. The van der Waals surface area contributed by atoms with E-state index in [0.29, 0.717) is 37.3 Å². The van der Waals surface area contributed by atoms with E-state index in [1.54, 1.807) is 13.0 Å². The van der Waals surface area contributed by atoms with Crippen molar-refractivity contribution in [1.29, 1.82) is 0 Å². The first kappa shape index (κ1) is 26.2. The zero-order valence-electron chi connectivity index (χ0n) is 20.8. The number of aliphatic hydroxyl groups excluding tert-OH is 1. The lowest BCUT2D eigenvalue weighted by Gasteiger charge is -2.17. The average molecular weight is 470 g/mol. The molecule has 186 valence electrons. The van der Waals surface area contributed by atoms with E-state index in [4.69, 9.17) is 9.47 Å². The number of nitrogens with one attached hydrogen (secondary N) is 1. The van der Waals surface area contributed by atoms with Gasteiger partial charge in [0.25, 0.3) is 0 Å². The van der Waals surface area contributed by atoms with Crippen LogP contribution in [0.15, 0.2) is 47.1 Å². The number of aryl methyl sites for hydroxylation is 1. The fourth-order valence-electron chi connectivity index (χ4n) is 4.07. The van der Waals surface area contributed by atoms with Gasteiger partial charge in [0, 0.05) is 19.5 Å². The van der Waals surface area contributed by atoms with E-state index in [1.165, 1.54) is 18.8 Å². The number of hydrogen-bond donors (Lipinski definition) is 3. The predicted molar refractivity (Wildman–Crippen MR) is 138 cm³/mol. The molecule has 0 spiro atoms. The van der Waals surface area contributed by atoms with Gasteiger partial charge < -0.3 is 25.0 Å². The van der Waals surface area contributed by atoms with Gasteiger partial charge in [-0.2, -0.15) is 0 Å². The molecule has 34 heavy (non-hydrogen) atoms. The Morgan fingerprint density at radius 1 is 1.26 bits per heavy atom. The number of ether oxygens (including phenoxy) is 2. The molecule has 2 aliphatic rings. The zero-order valence-corrected chi connectivity index (χ0v) is 20.8. The number of aliphatic hydroxyl groups is 3. The van der Waals surface area contributed by atoms with Gasteiger partial charge in [-0.25, -0.2) is 0 Å². The molecule has 3 atom stereocenters. The molecule has 1 aromatic carbocycles. The molecule has 3 unspecified atom stereocenters. The third-order valence-electron chi connectivity index (χ3n) is 6.18. The summed E-state index contributed by atoms with van der Waals surface area (Å²) in [6.45, 7) is 7.98. The van der Waals surface area contributed by atoms with Crippen LogP contribution in [0.1, 0.15) is 58.4 Å². The standard InChI is InChI=1S/C28H40N2O4/c1-4-5-6-25-10-11-26(34-25)9-7-22-8-12-27(32)28(15-22)33-14-13-24-16-23(19-30-24)20(2)17-29-18-21(3)31/h8,10-12,15-16,19-21,25,29,31,34H,4-7,9,13-14,17-18H2,1-3H3/p+1. The van der Waals surface area contributed by atoms with Crippen LogP contribution in [0.25, 0.3) is 0 Å². The summed E-state index contributed by atoms with van der Waals surface area (Å²) < 4.78 is 10.7. The number of phenolic OH excluding ortho intramolecular Hbond substituents is 1.